The zero-order valence-corrected chi connectivity index (χ0v) is 20.7. The number of ether oxygens (including phenoxy) is 1. The van der Waals surface area contributed by atoms with E-state index < -0.39 is 33.8 Å². The van der Waals surface area contributed by atoms with E-state index in [4.69, 9.17) is 10.5 Å². The van der Waals surface area contributed by atoms with Gasteiger partial charge in [-0.15, -0.1) is 11.3 Å². The largest absolute Gasteiger partial charge is 0.484 e. The SMILES string of the molecule is C[C@@H](Oc1cc(-n2cnc3ccc(CNS(C)(=O)=O)cc32)sc1C(N)=O)c1ccccc1C(F)(F)F. The molecule has 13 heteroatoms. The van der Waals surface area contributed by atoms with E-state index in [9.17, 15) is 26.4 Å². The van der Waals surface area contributed by atoms with Crippen molar-refractivity contribution < 1.29 is 31.1 Å². The second-order valence-electron chi connectivity index (χ2n) is 8.02. The topological polar surface area (TPSA) is 116 Å². The average Bonchev–Trinajstić information content (AvgIpc) is 3.40. The number of primary amides is 1. The van der Waals surface area contributed by atoms with Crippen molar-refractivity contribution in [2.24, 2.45) is 5.73 Å². The van der Waals surface area contributed by atoms with Gasteiger partial charge in [0.1, 0.15) is 28.1 Å². The second kappa shape index (κ2) is 9.56. The van der Waals surface area contributed by atoms with Crippen molar-refractivity contribution >= 4 is 38.3 Å². The number of amides is 1. The number of nitrogens with zero attached hydrogens (tertiary/aromatic N) is 2. The van der Waals surface area contributed by atoms with Gasteiger partial charge in [-0.25, -0.2) is 18.1 Å². The summed E-state index contributed by atoms with van der Waals surface area (Å²) < 4.78 is 73.2. The maximum absolute atomic E-state index is 13.5. The Kier molecular flexibility index (Phi) is 6.82. The lowest BCUT2D eigenvalue weighted by atomic mass is 10.0. The molecule has 0 aliphatic heterocycles. The number of carbonyl (C=O) groups is 1. The van der Waals surface area contributed by atoms with Crippen LogP contribution < -0.4 is 15.2 Å². The number of alkyl halides is 3. The molecule has 2 aromatic heterocycles. The van der Waals surface area contributed by atoms with Crippen LogP contribution in [-0.2, 0) is 22.7 Å². The summed E-state index contributed by atoms with van der Waals surface area (Å²) in [5.74, 6) is -0.747. The number of halogens is 3. The summed E-state index contributed by atoms with van der Waals surface area (Å²) in [7, 11) is -3.39. The minimum atomic E-state index is -4.57. The van der Waals surface area contributed by atoms with Crippen molar-refractivity contribution in [2.75, 3.05) is 6.26 Å². The van der Waals surface area contributed by atoms with Gasteiger partial charge < -0.3 is 10.5 Å². The quantitative estimate of drug-likeness (QED) is 0.345. The van der Waals surface area contributed by atoms with Crippen molar-refractivity contribution in [3.05, 3.63) is 76.4 Å². The first-order valence-corrected chi connectivity index (χ1v) is 13.2. The molecule has 2 heterocycles. The predicted octanol–water partition coefficient (Wildman–Crippen LogP) is 4.39. The van der Waals surface area contributed by atoms with E-state index >= 15 is 0 Å². The number of hydrogen-bond donors (Lipinski definition) is 2. The fourth-order valence-electron chi connectivity index (χ4n) is 3.66. The Morgan fingerprint density at radius 2 is 1.94 bits per heavy atom. The Morgan fingerprint density at radius 3 is 2.61 bits per heavy atom. The molecule has 4 rings (SSSR count). The molecule has 0 radical (unpaired) electrons. The summed E-state index contributed by atoms with van der Waals surface area (Å²) in [5.41, 5.74) is 6.54. The molecular weight excluding hydrogens is 517 g/mol. The lowest BCUT2D eigenvalue weighted by Crippen LogP contribution is -2.21. The molecule has 0 aliphatic rings. The van der Waals surface area contributed by atoms with Gasteiger partial charge in [-0.1, -0.05) is 24.3 Å². The van der Waals surface area contributed by atoms with Gasteiger partial charge in [0.05, 0.1) is 22.9 Å². The minimum Gasteiger partial charge on any atom is -0.484 e. The molecule has 0 spiro atoms. The fraction of sp³-hybridized carbons (Fsp3) is 0.217. The molecule has 0 saturated carbocycles. The molecule has 36 heavy (non-hydrogen) atoms. The van der Waals surface area contributed by atoms with Crippen molar-refractivity contribution in [2.45, 2.75) is 25.7 Å². The molecule has 8 nitrogen and oxygen atoms in total. The lowest BCUT2D eigenvalue weighted by Gasteiger charge is -2.19. The lowest BCUT2D eigenvalue weighted by molar-refractivity contribution is -0.139. The molecule has 4 aromatic rings. The van der Waals surface area contributed by atoms with Crippen LogP contribution in [0.15, 0.2) is 54.9 Å². The van der Waals surface area contributed by atoms with Gasteiger partial charge in [-0.2, -0.15) is 13.2 Å². The molecule has 2 aromatic carbocycles. The first-order chi connectivity index (χ1) is 16.8. The van der Waals surface area contributed by atoms with Crippen LogP contribution in [0.4, 0.5) is 13.2 Å². The summed E-state index contributed by atoms with van der Waals surface area (Å²) in [6.07, 6.45) is -3.03. The Balaban J connectivity index is 1.70. The number of imidazole rings is 1. The third kappa shape index (κ3) is 5.53. The maximum Gasteiger partial charge on any atom is 0.416 e. The Bertz CT molecular complexity index is 1540. The molecular formula is C23H21F3N4O4S2. The monoisotopic (exact) mass is 538 g/mol. The Hall–Kier alpha value is -3.42. The van der Waals surface area contributed by atoms with Gasteiger partial charge in [-0.3, -0.25) is 9.36 Å². The van der Waals surface area contributed by atoms with E-state index in [2.05, 4.69) is 9.71 Å². The Labute approximate surface area is 208 Å². The van der Waals surface area contributed by atoms with Gasteiger partial charge in [0.2, 0.25) is 10.0 Å². The molecule has 1 amide bonds. The van der Waals surface area contributed by atoms with Crippen LogP contribution in [0.5, 0.6) is 5.75 Å². The highest BCUT2D eigenvalue weighted by Crippen LogP contribution is 2.39. The summed E-state index contributed by atoms with van der Waals surface area (Å²) in [4.78, 5) is 16.5. The molecule has 3 N–H and O–H groups in total. The normalized spacial score (nSPS) is 13.1. The van der Waals surface area contributed by atoms with E-state index in [0.29, 0.717) is 21.6 Å². The third-order valence-corrected chi connectivity index (χ3v) is 7.10. The number of thiophene rings is 1. The highest BCUT2D eigenvalue weighted by molar-refractivity contribution is 7.88. The first kappa shape index (κ1) is 25.7. The smallest absolute Gasteiger partial charge is 0.416 e. The summed E-state index contributed by atoms with van der Waals surface area (Å²) >= 11 is 1.00. The summed E-state index contributed by atoms with van der Waals surface area (Å²) in [6.45, 7) is 1.53. The van der Waals surface area contributed by atoms with E-state index in [-0.39, 0.29) is 22.7 Å². The van der Waals surface area contributed by atoms with Crippen LogP contribution in [-0.4, -0.2) is 30.1 Å². The van der Waals surface area contributed by atoms with E-state index in [0.717, 1.165) is 23.7 Å². The van der Waals surface area contributed by atoms with Gasteiger partial charge in [0.25, 0.3) is 5.91 Å². The van der Waals surface area contributed by atoms with Crippen LogP contribution in [0.2, 0.25) is 0 Å². The van der Waals surface area contributed by atoms with Gasteiger partial charge >= 0.3 is 6.18 Å². The summed E-state index contributed by atoms with van der Waals surface area (Å²) in [5, 5.41) is 0.492. The number of hydrogen-bond acceptors (Lipinski definition) is 6. The minimum absolute atomic E-state index is 0.0399. The number of nitrogens with two attached hydrogens (primary N) is 1. The fourth-order valence-corrected chi connectivity index (χ4v) is 5.01. The number of sulfonamides is 1. The van der Waals surface area contributed by atoms with Crippen LogP contribution in [0, 0.1) is 0 Å². The van der Waals surface area contributed by atoms with Crippen molar-refractivity contribution in [3.8, 4) is 10.8 Å². The van der Waals surface area contributed by atoms with Crippen molar-refractivity contribution in [1.82, 2.24) is 14.3 Å². The molecule has 0 fully saturated rings. The number of carbonyl (C=O) groups excluding carboxylic acids is 1. The third-order valence-electron chi connectivity index (χ3n) is 5.30. The van der Waals surface area contributed by atoms with Crippen LogP contribution in [0.1, 0.15) is 39.4 Å². The Morgan fingerprint density at radius 1 is 1.22 bits per heavy atom. The molecule has 1 atom stereocenters. The van der Waals surface area contributed by atoms with E-state index in [1.165, 1.54) is 37.5 Å². The predicted molar refractivity (Wildman–Crippen MR) is 130 cm³/mol. The van der Waals surface area contributed by atoms with Gasteiger partial charge in [-0.05, 0) is 30.7 Å². The van der Waals surface area contributed by atoms with E-state index in [1.807, 2.05) is 0 Å². The average molecular weight is 539 g/mol. The van der Waals surface area contributed by atoms with Crippen molar-refractivity contribution in [1.29, 1.82) is 0 Å². The number of aromatic nitrogens is 2. The molecule has 0 unspecified atom stereocenters. The van der Waals surface area contributed by atoms with Crippen molar-refractivity contribution in [3.63, 3.8) is 0 Å². The standard InChI is InChI=1S/C23H21F3N4O4S2/c1-13(15-5-3-4-6-16(15)23(24,25)26)34-19-10-20(35-21(19)22(27)31)30-12-28-17-8-7-14(9-18(17)30)11-29-36(2,32)33/h3-10,12-13,29H,11H2,1-2H3,(H2,27,31)/t13-/m1/s1. The van der Waals surface area contributed by atoms with Gasteiger partial charge in [0, 0.05) is 18.2 Å². The number of rotatable bonds is 8. The van der Waals surface area contributed by atoms with Crippen LogP contribution in [0.25, 0.3) is 16.0 Å². The van der Waals surface area contributed by atoms with E-state index in [1.54, 1.807) is 22.8 Å². The van der Waals surface area contributed by atoms with Crippen LogP contribution >= 0.6 is 11.3 Å². The zero-order valence-electron chi connectivity index (χ0n) is 19.0. The maximum atomic E-state index is 13.5. The molecule has 0 bridgehead atoms. The first-order valence-electron chi connectivity index (χ1n) is 10.5. The molecule has 190 valence electrons. The molecule has 0 aliphatic carbocycles. The molecule has 0 saturated heterocycles. The van der Waals surface area contributed by atoms with Gasteiger partial charge in [0.15, 0.2) is 0 Å². The number of benzene rings is 2. The zero-order chi connectivity index (χ0) is 26.3. The second-order valence-corrected chi connectivity index (χ2v) is 10.9. The summed E-state index contributed by atoms with van der Waals surface area (Å²) in [6, 6.07) is 11.8. The number of fused-ring (bicyclic) bond motifs is 1. The number of nitrogens with one attached hydrogen (secondary N) is 1. The van der Waals surface area contributed by atoms with Crippen LogP contribution in [0.3, 0.4) is 0 Å². The highest BCUT2D eigenvalue weighted by Gasteiger charge is 2.35. The highest BCUT2D eigenvalue weighted by atomic mass is 32.2.